The smallest absolute Gasteiger partial charge is 0.269 e. The normalized spacial score (nSPS) is 11.6. The van der Waals surface area contributed by atoms with Crippen molar-refractivity contribution in [2.24, 2.45) is 0 Å². The van der Waals surface area contributed by atoms with Gasteiger partial charge in [0.25, 0.3) is 5.69 Å². The van der Waals surface area contributed by atoms with Crippen LogP contribution in [0.2, 0.25) is 15.1 Å². The van der Waals surface area contributed by atoms with Gasteiger partial charge in [-0.15, -0.1) is 0 Å². The Bertz CT molecular complexity index is 1170. The van der Waals surface area contributed by atoms with Gasteiger partial charge in [-0.25, -0.2) is 0 Å². The van der Waals surface area contributed by atoms with E-state index in [-0.39, 0.29) is 35.2 Å². The highest BCUT2D eigenvalue weighted by atomic mass is 35.5. The first-order valence-corrected chi connectivity index (χ1v) is 10.6. The van der Waals surface area contributed by atoms with Crippen molar-refractivity contribution in [3.8, 4) is 0 Å². The standard InChI is InChI=1S/C23H17Cl3N2O4/c24-17-3-1-2-15(11-17)21(13-22(29)16-6-9-19(25)20(26)12-16)27-23(30)10-14-4-7-18(8-5-14)28(31)32/h1-9,11-12,21H,10,13H2,(H,27,30). The van der Waals surface area contributed by atoms with Crippen molar-refractivity contribution < 1.29 is 14.5 Å². The molecule has 3 aromatic rings. The molecule has 32 heavy (non-hydrogen) atoms. The number of carbonyl (C=O) groups is 2. The molecule has 164 valence electrons. The van der Waals surface area contributed by atoms with Crippen molar-refractivity contribution >= 4 is 52.2 Å². The van der Waals surface area contributed by atoms with Crippen molar-refractivity contribution in [2.45, 2.75) is 18.9 Å². The van der Waals surface area contributed by atoms with E-state index in [2.05, 4.69) is 5.32 Å². The van der Waals surface area contributed by atoms with E-state index in [0.29, 0.717) is 26.7 Å². The van der Waals surface area contributed by atoms with Gasteiger partial charge in [-0.2, -0.15) is 0 Å². The molecule has 0 saturated carbocycles. The summed E-state index contributed by atoms with van der Waals surface area (Å²) in [5.74, 6) is -0.574. The third-order valence-corrected chi connectivity index (χ3v) is 5.70. The second-order valence-corrected chi connectivity index (χ2v) is 8.28. The quantitative estimate of drug-likeness (QED) is 0.230. The van der Waals surface area contributed by atoms with Crippen LogP contribution in [0, 0.1) is 10.1 Å². The van der Waals surface area contributed by atoms with Gasteiger partial charge in [-0.3, -0.25) is 19.7 Å². The number of hydrogen-bond acceptors (Lipinski definition) is 4. The van der Waals surface area contributed by atoms with E-state index in [4.69, 9.17) is 34.8 Å². The van der Waals surface area contributed by atoms with Crippen molar-refractivity contribution in [1.82, 2.24) is 5.32 Å². The summed E-state index contributed by atoms with van der Waals surface area (Å²) in [6.45, 7) is 0. The minimum absolute atomic E-state index is 0.00394. The molecule has 9 heteroatoms. The molecule has 0 spiro atoms. The topological polar surface area (TPSA) is 89.3 Å². The summed E-state index contributed by atoms with van der Waals surface area (Å²) in [6, 6.07) is 16.6. The van der Waals surface area contributed by atoms with Gasteiger partial charge in [-0.1, -0.05) is 59.1 Å². The third-order valence-electron chi connectivity index (χ3n) is 4.73. The average molecular weight is 492 g/mol. The summed E-state index contributed by atoms with van der Waals surface area (Å²) in [5, 5.41) is 14.7. The monoisotopic (exact) mass is 490 g/mol. The Labute approximate surface area is 199 Å². The third kappa shape index (κ3) is 6.29. The molecule has 0 aromatic heterocycles. The van der Waals surface area contributed by atoms with Crippen LogP contribution in [0.15, 0.2) is 66.7 Å². The van der Waals surface area contributed by atoms with E-state index in [0.717, 1.165) is 0 Å². The Kier molecular flexibility index (Phi) is 7.85. The molecule has 0 radical (unpaired) electrons. The lowest BCUT2D eigenvalue weighted by atomic mass is 9.97. The number of benzene rings is 3. The van der Waals surface area contributed by atoms with Crippen LogP contribution >= 0.6 is 34.8 Å². The van der Waals surface area contributed by atoms with Crippen LogP contribution < -0.4 is 5.32 Å². The molecular weight excluding hydrogens is 475 g/mol. The zero-order chi connectivity index (χ0) is 23.3. The summed E-state index contributed by atoms with van der Waals surface area (Å²) < 4.78 is 0. The largest absolute Gasteiger partial charge is 0.349 e. The van der Waals surface area contributed by atoms with E-state index < -0.39 is 11.0 Å². The van der Waals surface area contributed by atoms with Crippen LogP contribution in [-0.2, 0) is 11.2 Å². The van der Waals surface area contributed by atoms with E-state index >= 15 is 0 Å². The lowest BCUT2D eigenvalue weighted by molar-refractivity contribution is -0.384. The Balaban J connectivity index is 1.78. The summed E-state index contributed by atoms with van der Waals surface area (Å²) in [7, 11) is 0. The summed E-state index contributed by atoms with van der Waals surface area (Å²) >= 11 is 18.1. The second kappa shape index (κ2) is 10.6. The Morgan fingerprint density at radius 2 is 1.66 bits per heavy atom. The number of halogens is 3. The number of Topliss-reactive ketones (excluding diaryl/α,β-unsaturated/α-hetero) is 1. The van der Waals surface area contributed by atoms with Crippen LogP contribution in [0.1, 0.15) is 33.9 Å². The molecule has 1 atom stereocenters. The maximum atomic E-state index is 12.9. The summed E-state index contributed by atoms with van der Waals surface area (Å²) in [4.78, 5) is 35.8. The predicted octanol–water partition coefficient (Wildman–Crippen LogP) is 6.23. The first-order chi connectivity index (χ1) is 15.2. The van der Waals surface area contributed by atoms with Crippen molar-refractivity contribution in [1.29, 1.82) is 0 Å². The Morgan fingerprint density at radius 3 is 2.28 bits per heavy atom. The number of ketones is 1. The van der Waals surface area contributed by atoms with Gasteiger partial charge in [0.15, 0.2) is 5.78 Å². The van der Waals surface area contributed by atoms with Gasteiger partial charge >= 0.3 is 0 Å². The molecule has 3 aromatic carbocycles. The molecule has 6 nitrogen and oxygen atoms in total. The number of non-ortho nitro benzene ring substituents is 1. The van der Waals surface area contributed by atoms with Crippen LogP contribution in [0.25, 0.3) is 0 Å². The molecule has 1 N–H and O–H groups in total. The van der Waals surface area contributed by atoms with E-state index in [1.165, 1.54) is 30.3 Å². The Morgan fingerprint density at radius 1 is 0.938 bits per heavy atom. The van der Waals surface area contributed by atoms with E-state index in [1.807, 2.05) is 0 Å². The minimum Gasteiger partial charge on any atom is -0.349 e. The molecule has 1 amide bonds. The fraction of sp³-hybridized carbons (Fsp3) is 0.130. The van der Waals surface area contributed by atoms with E-state index in [1.54, 1.807) is 36.4 Å². The molecular formula is C23H17Cl3N2O4. The van der Waals surface area contributed by atoms with Gasteiger partial charge < -0.3 is 5.32 Å². The van der Waals surface area contributed by atoms with Gasteiger partial charge in [-0.05, 0) is 41.5 Å². The fourth-order valence-corrected chi connectivity index (χ4v) is 3.61. The highest BCUT2D eigenvalue weighted by Gasteiger charge is 2.21. The average Bonchev–Trinajstić information content (AvgIpc) is 2.75. The minimum atomic E-state index is -0.638. The first-order valence-electron chi connectivity index (χ1n) is 9.49. The van der Waals surface area contributed by atoms with Gasteiger partial charge in [0.05, 0.1) is 27.4 Å². The summed E-state index contributed by atoms with van der Waals surface area (Å²) in [6.07, 6.45) is -0.0275. The number of carbonyl (C=O) groups excluding carboxylic acids is 2. The molecule has 0 aliphatic rings. The number of nitrogens with one attached hydrogen (secondary N) is 1. The van der Waals surface area contributed by atoms with Crippen LogP contribution in [0.3, 0.4) is 0 Å². The van der Waals surface area contributed by atoms with Gasteiger partial charge in [0, 0.05) is 29.1 Å². The SMILES string of the molecule is O=C(Cc1ccc([N+](=O)[O-])cc1)NC(CC(=O)c1ccc(Cl)c(Cl)c1)c1cccc(Cl)c1. The molecule has 0 bridgehead atoms. The number of nitrogens with zero attached hydrogens (tertiary/aromatic N) is 1. The zero-order valence-electron chi connectivity index (χ0n) is 16.6. The van der Waals surface area contributed by atoms with E-state index in [9.17, 15) is 19.7 Å². The maximum absolute atomic E-state index is 12.9. The summed E-state index contributed by atoms with van der Waals surface area (Å²) in [5.41, 5.74) is 1.59. The van der Waals surface area contributed by atoms with Crippen molar-refractivity contribution in [2.75, 3.05) is 0 Å². The number of amides is 1. The maximum Gasteiger partial charge on any atom is 0.269 e. The highest BCUT2D eigenvalue weighted by molar-refractivity contribution is 6.42. The lowest BCUT2D eigenvalue weighted by Crippen LogP contribution is -2.31. The van der Waals surface area contributed by atoms with Crippen LogP contribution in [-0.4, -0.2) is 16.6 Å². The first kappa shape index (κ1) is 23.7. The molecule has 1 unspecified atom stereocenters. The molecule has 0 aliphatic heterocycles. The van der Waals surface area contributed by atoms with Crippen molar-refractivity contribution in [3.63, 3.8) is 0 Å². The van der Waals surface area contributed by atoms with Gasteiger partial charge in [0.2, 0.25) is 5.91 Å². The molecule has 0 saturated heterocycles. The molecule has 0 aliphatic carbocycles. The lowest BCUT2D eigenvalue weighted by Gasteiger charge is -2.19. The number of nitro benzene ring substituents is 1. The van der Waals surface area contributed by atoms with Crippen LogP contribution in [0.5, 0.6) is 0 Å². The molecule has 3 rings (SSSR count). The number of rotatable bonds is 8. The second-order valence-electron chi connectivity index (χ2n) is 7.03. The Hall–Kier alpha value is -2.93. The number of nitro groups is 1. The molecule has 0 fully saturated rings. The van der Waals surface area contributed by atoms with Crippen LogP contribution in [0.4, 0.5) is 5.69 Å². The predicted molar refractivity (Wildman–Crippen MR) is 125 cm³/mol. The highest BCUT2D eigenvalue weighted by Crippen LogP contribution is 2.26. The zero-order valence-corrected chi connectivity index (χ0v) is 18.8. The van der Waals surface area contributed by atoms with Crippen molar-refractivity contribution in [3.05, 3.63) is 109 Å². The van der Waals surface area contributed by atoms with Gasteiger partial charge in [0.1, 0.15) is 0 Å². The number of hydrogen-bond donors (Lipinski definition) is 1. The fourth-order valence-electron chi connectivity index (χ4n) is 3.11. The molecule has 0 heterocycles.